The lowest BCUT2D eigenvalue weighted by Gasteiger charge is -2.40. The van der Waals surface area contributed by atoms with Gasteiger partial charge in [-0.3, -0.25) is 14.5 Å². The van der Waals surface area contributed by atoms with Crippen LogP contribution in [0.5, 0.6) is 0 Å². The highest BCUT2D eigenvalue weighted by molar-refractivity contribution is 5.94. The van der Waals surface area contributed by atoms with Crippen molar-refractivity contribution < 1.29 is 24.2 Å². The molecule has 3 heterocycles. The summed E-state index contributed by atoms with van der Waals surface area (Å²) in [5.41, 5.74) is 10.4. The molecule has 12 heteroatoms. The molecule has 3 aromatic carbocycles. The van der Waals surface area contributed by atoms with E-state index in [-0.39, 0.29) is 30.6 Å². The van der Waals surface area contributed by atoms with Gasteiger partial charge in [0.05, 0.1) is 30.2 Å². The van der Waals surface area contributed by atoms with Gasteiger partial charge in [-0.15, -0.1) is 0 Å². The summed E-state index contributed by atoms with van der Waals surface area (Å²) in [6.07, 6.45) is 5.20. The molecule has 2 saturated heterocycles. The molecular formula is C38H45N7O5. The number of nitrogen functional groups attached to an aromatic ring is 1. The molecule has 0 aliphatic carbocycles. The van der Waals surface area contributed by atoms with Crippen molar-refractivity contribution in [3.8, 4) is 0 Å². The number of benzene rings is 3. The van der Waals surface area contributed by atoms with Crippen LogP contribution in [0.1, 0.15) is 61.2 Å². The monoisotopic (exact) mass is 679 g/mol. The van der Waals surface area contributed by atoms with Crippen molar-refractivity contribution in [2.45, 2.75) is 57.2 Å². The number of anilines is 4. The van der Waals surface area contributed by atoms with E-state index in [2.05, 4.69) is 30.4 Å². The maximum atomic E-state index is 12.7. The fraction of sp³-hybridized carbons (Fsp3) is 0.368. The molecule has 2 amide bonds. The Morgan fingerprint density at radius 3 is 2.14 bits per heavy atom. The largest absolute Gasteiger partial charge is 0.397 e. The van der Waals surface area contributed by atoms with Crippen LogP contribution in [-0.2, 0) is 25.7 Å². The molecule has 1 aromatic heterocycles. The standard InChI is InChI=1S/C38H45N7O5/c39-32-6-1-2-7-33(32)43-36(48)9-4-3-8-35(47)42-30-16-14-29(15-17-30)37-49-31(24-34(50-37)28-12-10-27(26-46)11-13-28)25-44-20-22-45(23-21-44)38-40-18-5-19-41-38/h1-2,5-7,10-19,31,34,37,46H,3-4,8-9,20-26,39H2,(H,42,47)(H,43,48)/t31-,34+,37+/m0/s1. The van der Waals surface area contributed by atoms with Crippen molar-refractivity contribution in [3.63, 3.8) is 0 Å². The van der Waals surface area contributed by atoms with E-state index in [4.69, 9.17) is 15.2 Å². The van der Waals surface area contributed by atoms with Gasteiger partial charge >= 0.3 is 0 Å². The average Bonchev–Trinajstić information content (AvgIpc) is 3.15. The summed E-state index contributed by atoms with van der Waals surface area (Å²) >= 11 is 0. The van der Waals surface area contributed by atoms with Crippen LogP contribution in [0.25, 0.3) is 0 Å². The molecule has 5 N–H and O–H groups in total. The number of aliphatic hydroxyl groups is 1. The lowest BCUT2D eigenvalue weighted by atomic mass is 9.99. The Balaban J connectivity index is 1.01. The van der Waals surface area contributed by atoms with E-state index in [0.717, 1.165) is 55.4 Å². The molecule has 0 saturated carbocycles. The van der Waals surface area contributed by atoms with Crippen LogP contribution >= 0.6 is 0 Å². The average molecular weight is 680 g/mol. The van der Waals surface area contributed by atoms with E-state index < -0.39 is 6.29 Å². The minimum Gasteiger partial charge on any atom is -0.397 e. The Bertz CT molecular complexity index is 1680. The fourth-order valence-electron chi connectivity index (χ4n) is 6.25. The third-order valence-corrected chi connectivity index (χ3v) is 9.04. The molecule has 0 bridgehead atoms. The quantitative estimate of drug-likeness (QED) is 0.111. The number of amides is 2. The van der Waals surface area contributed by atoms with Gasteiger partial charge in [0, 0.05) is 75.6 Å². The Labute approximate surface area is 292 Å². The number of aromatic nitrogens is 2. The first-order valence-corrected chi connectivity index (χ1v) is 17.2. The number of piperazine rings is 1. The molecule has 0 spiro atoms. The first-order valence-electron chi connectivity index (χ1n) is 17.2. The molecule has 6 rings (SSSR count). The number of para-hydroxylation sites is 2. The SMILES string of the molecule is Nc1ccccc1NC(=O)CCCCC(=O)Nc1ccc([C@@H]2O[C@H](CN3CCN(c4ncccn4)CC3)C[C@H](c3ccc(CO)cc3)O2)cc1. The van der Waals surface area contributed by atoms with Gasteiger partial charge in [-0.25, -0.2) is 9.97 Å². The van der Waals surface area contributed by atoms with Crippen LogP contribution in [-0.4, -0.2) is 70.6 Å². The smallest absolute Gasteiger partial charge is 0.225 e. The number of rotatable bonds is 13. The number of carbonyl (C=O) groups excluding carboxylic acids is 2. The van der Waals surface area contributed by atoms with E-state index >= 15 is 0 Å². The topological polar surface area (TPSA) is 155 Å². The maximum absolute atomic E-state index is 12.7. The Kier molecular flexibility index (Phi) is 12.0. The highest BCUT2D eigenvalue weighted by Crippen LogP contribution is 2.38. The molecular weight excluding hydrogens is 634 g/mol. The van der Waals surface area contributed by atoms with Gasteiger partial charge in [-0.05, 0) is 54.3 Å². The van der Waals surface area contributed by atoms with Gasteiger partial charge in [0.15, 0.2) is 6.29 Å². The zero-order valence-electron chi connectivity index (χ0n) is 28.1. The van der Waals surface area contributed by atoms with E-state index in [0.29, 0.717) is 49.2 Å². The summed E-state index contributed by atoms with van der Waals surface area (Å²) in [5.74, 6) is 0.523. The molecule has 4 aromatic rings. The minimum absolute atomic E-state index is 0.00904. The Hall–Kier alpha value is -4.88. The number of nitrogens with zero attached hydrogens (tertiary/aromatic N) is 4. The van der Waals surface area contributed by atoms with E-state index in [9.17, 15) is 14.7 Å². The first-order chi connectivity index (χ1) is 24.4. The van der Waals surface area contributed by atoms with Gasteiger partial charge in [0.1, 0.15) is 0 Å². The number of unbranched alkanes of at least 4 members (excludes halogenated alkanes) is 1. The second-order valence-electron chi connectivity index (χ2n) is 12.7. The summed E-state index contributed by atoms with van der Waals surface area (Å²) in [4.78, 5) is 38.3. The Morgan fingerprint density at radius 2 is 1.46 bits per heavy atom. The molecule has 3 atom stereocenters. The van der Waals surface area contributed by atoms with Crippen molar-refractivity contribution in [3.05, 3.63) is 108 Å². The number of ether oxygens (including phenoxy) is 2. The minimum atomic E-state index is -0.586. The number of carbonyl (C=O) groups is 2. The summed E-state index contributed by atoms with van der Waals surface area (Å²) in [6, 6.07) is 24.4. The maximum Gasteiger partial charge on any atom is 0.225 e. The van der Waals surface area contributed by atoms with Crippen LogP contribution in [0.4, 0.5) is 23.0 Å². The first kappa shape index (κ1) is 35.0. The zero-order chi connectivity index (χ0) is 34.7. The fourth-order valence-corrected chi connectivity index (χ4v) is 6.25. The summed E-state index contributed by atoms with van der Waals surface area (Å²) in [6.45, 7) is 4.20. The summed E-state index contributed by atoms with van der Waals surface area (Å²) in [5, 5.41) is 15.3. The van der Waals surface area contributed by atoms with Crippen molar-refractivity contribution in [1.29, 1.82) is 0 Å². The van der Waals surface area contributed by atoms with Gasteiger partial charge < -0.3 is 35.8 Å². The second-order valence-corrected chi connectivity index (χ2v) is 12.7. The molecule has 2 aliphatic heterocycles. The molecule has 0 unspecified atom stereocenters. The molecule has 2 aliphatic rings. The highest BCUT2D eigenvalue weighted by atomic mass is 16.7. The highest BCUT2D eigenvalue weighted by Gasteiger charge is 2.34. The summed E-state index contributed by atoms with van der Waals surface area (Å²) in [7, 11) is 0. The Morgan fingerprint density at radius 1 is 0.800 bits per heavy atom. The normalized spacial score (nSPS) is 19.5. The van der Waals surface area contributed by atoms with E-state index in [1.54, 1.807) is 24.5 Å². The molecule has 2 fully saturated rings. The predicted molar refractivity (Wildman–Crippen MR) is 192 cm³/mol. The second kappa shape index (κ2) is 17.2. The van der Waals surface area contributed by atoms with Crippen LogP contribution in [0.3, 0.4) is 0 Å². The number of nitrogens with one attached hydrogen (secondary N) is 2. The third-order valence-electron chi connectivity index (χ3n) is 9.04. The number of aliphatic hydroxyl groups excluding tert-OH is 1. The molecule has 262 valence electrons. The van der Waals surface area contributed by atoms with Gasteiger partial charge in [0.25, 0.3) is 0 Å². The lowest BCUT2D eigenvalue weighted by Crippen LogP contribution is -2.50. The van der Waals surface area contributed by atoms with Gasteiger partial charge in [-0.1, -0.05) is 48.5 Å². The number of hydrogen-bond donors (Lipinski definition) is 4. The van der Waals surface area contributed by atoms with Crippen LogP contribution in [0.2, 0.25) is 0 Å². The number of hydrogen-bond acceptors (Lipinski definition) is 10. The lowest BCUT2D eigenvalue weighted by molar-refractivity contribution is -0.253. The van der Waals surface area contributed by atoms with Crippen molar-refractivity contribution in [2.75, 3.05) is 54.0 Å². The van der Waals surface area contributed by atoms with Gasteiger partial charge in [-0.2, -0.15) is 0 Å². The molecule has 50 heavy (non-hydrogen) atoms. The molecule has 0 radical (unpaired) electrons. The predicted octanol–water partition coefficient (Wildman–Crippen LogP) is 5.06. The van der Waals surface area contributed by atoms with E-state index in [1.807, 2.05) is 66.7 Å². The van der Waals surface area contributed by atoms with Crippen molar-refractivity contribution in [2.24, 2.45) is 0 Å². The van der Waals surface area contributed by atoms with E-state index in [1.165, 1.54) is 0 Å². The van der Waals surface area contributed by atoms with Crippen LogP contribution in [0.15, 0.2) is 91.3 Å². The van der Waals surface area contributed by atoms with Gasteiger partial charge in [0.2, 0.25) is 17.8 Å². The van der Waals surface area contributed by atoms with Crippen LogP contribution in [0, 0.1) is 0 Å². The summed E-state index contributed by atoms with van der Waals surface area (Å²) < 4.78 is 13.1. The van der Waals surface area contributed by atoms with Crippen LogP contribution < -0.4 is 21.3 Å². The number of nitrogens with two attached hydrogens (primary N) is 1. The third kappa shape index (κ3) is 9.63. The van der Waals surface area contributed by atoms with Crippen molar-refractivity contribution >= 4 is 34.8 Å². The molecule has 12 nitrogen and oxygen atoms in total. The zero-order valence-corrected chi connectivity index (χ0v) is 28.1. The van der Waals surface area contributed by atoms with Crippen molar-refractivity contribution in [1.82, 2.24) is 14.9 Å².